The zero-order chi connectivity index (χ0) is 9.97. The first kappa shape index (κ1) is 13.3. The molecule has 5 heteroatoms. The summed E-state index contributed by atoms with van der Waals surface area (Å²) in [5.74, 6) is -1.17. The summed E-state index contributed by atoms with van der Waals surface area (Å²) < 4.78 is 5.24. The molecule has 1 aliphatic rings. The Hall–Kier alpha value is 0.246. The van der Waals surface area contributed by atoms with E-state index in [1.54, 1.807) is 0 Å². The molecule has 1 N–H and O–H groups in total. The van der Waals surface area contributed by atoms with E-state index in [2.05, 4.69) is 5.32 Å². The summed E-state index contributed by atoms with van der Waals surface area (Å²) >= 11 is 0. The minimum atomic E-state index is -1.17. The van der Waals surface area contributed by atoms with Gasteiger partial charge in [0.05, 0.1) is 5.97 Å². The third-order valence-corrected chi connectivity index (χ3v) is 2.15. The third kappa shape index (κ3) is 3.35. The quantitative estimate of drug-likeness (QED) is 0.535. The Labute approximate surface area is 130 Å². The Morgan fingerprint density at radius 2 is 2.07 bits per heavy atom. The van der Waals surface area contributed by atoms with E-state index in [0.717, 1.165) is 5.56 Å². The van der Waals surface area contributed by atoms with Gasteiger partial charge in [-0.2, -0.15) is 0 Å². The molecular weight excluding hydrogens is 221 g/mol. The van der Waals surface area contributed by atoms with Crippen molar-refractivity contribution in [3.8, 4) is 0 Å². The molecule has 1 saturated heterocycles. The van der Waals surface area contributed by atoms with Crippen LogP contribution in [-0.4, -0.2) is 18.6 Å². The fourth-order valence-electron chi connectivity index (χ4n) is 1.44. The molecule has 1 heterocycles. The second kappa shape index (κ2) is 6.10. The monoisotopic (exact) mass is 231 g/mol. The largest absolute Gasteiger partial charge is 1.00 e. The number of carbonyl (C=O) groups excluding carboxylic acids is 1. The fourth-order valence-corrected chi connectivity index (χ4v) is 1.44. The van der Waals surface area contributed by atoms with Gasteiger partial charge >= 0.3 is 51.4 Å². The van der Waals surface area contributed by atoms with Crippen LogP contribution in [0.4, 0.5) is 0 Å². The van der Waals surface area contributed by atoms with Gasteiger partial charge in [-0.05, 0) is 5.56 Å². The molecule has 74 valence electrons. The average Bonchev–Trinajstić information content (AvgIpc) is 2.68. The topological polar surface area (TPSA) is 61.4 Å². The van der Waals surface area contributed by atoms with E-state index in [1.165, 1.54) is 0 Å². The van der Waals surface area contributed by atoms with Crippen LogP contribution in [0.3, 0.4) is 0 Å². The van der Waals surface area contributed by atoms with Crippen LogP contribution < -0.4 is 61.8 Å². The van der Waals surface area contributed by atoms with Gasteiger partial charge < -0.3 is 14.6 Å². The number of hydrogen-bond acceptors (Lipinski definition) is 4. The van der Waals surface area contributed by atoms with Crippen LogP contribution in [0.5, 0.6) is 0 Å². The maximum Gasteiger partial charge on any atom is 1.00 e. The second-order valence-corrected chi connectivity index (χ2v) is 3.14. The second-order valence-electron chi connectivity index (χ2n) is 3.14. The number of nitrogens with one attached hydrogen (secondary N) is 1. The molecule has 4 nitrogen and oxygen atoms in total. The summed E-state index contributed by atoms with van der Waals surface area (Å²) in [6.45, 7) is 0.294. The smallest absolute Gasteiger partial charge is 0.547 e. The first-order valence-electron chi connectivity index (χ1n) is 4.42. The van der Waals surface area contributed by atoms with Gasteiger partial charge in [0, 0.05) is 6.54 Å². The van der Waals surface area contributed by atoms with Gasteiger partial charge in [-0.15, -0.1) is 0 Å². The third-order valence-electron chi connectivity index (χ3n) is 2.15. The van der Waals surface area contributed by atoms with Crippen LogP contribution in [0.1, 0.15) is 11.8 Å². The van der Waals surface area contributed by atoms with Crippen molar-refractivity contribution in [2.45, 2.75) is 12.3 Å². The Kier molecular flexibility index (Phi) is 5.41. The number of rotatable bonds is 2. The molecule has 1 aromatic carbocycles. The van der Waals surface area contributed by atoms with Crippen LogP contribution in [0.2, 0.25) is 0 Å². The normalized spacial score (nSPS) is 24.5. The molecule has 0 aromatic heterocycles. The van der Waals surface area contributed by atoms with Gasteiger partial charge in [-0.3, -0.25) is 5.32 Å². The Bertz CT molecular complexity index is 331. The number of aliphatic carboxylic acids is 1. The molecule has 2 unspecified atom stereocenters. The van der Waals surface area contributed by atoms with Crippen LogP contribution >= 0.6 is 0 Å². The SMILES string of the molecule is O=C([O-])C1CNC(c2ccccc2)O1.[K+]. The van der Waals surface area contributed by atoms with E-state index >= 15 is 0 Å². The number of ether oxygens (including phenoxy) is 1. The first-order valence-corrected chi connectivity index (χ1v) is 4.42. The maximum atomic E-state index is 10.5. The van der Waals surface area contributed by atoms with E-state index in [0.29, 0.717) is 6.54 Å². The summed E-state index contributed by atoms with van der Waals surface area (Å²) in [5, 5.41) is 13.5. The zero-order valence-corrected chi connectivity index (χ0v) is 11.6. The van der Waals surface area contributed by atoms with Crippen molar-refractivity contribution in [1.82, 2.24) is 5.32 Å². The molecule has 0 saturated carbocycles. The van der Waals surface area contributed by atoms with E-state index in [1.807, 2.05) is 30.3 Å². The summed E-state index contributed by atoms with van der Waals surface area (Å²) in [5.41, 5.74) is 0.927. The number of hydrogen-bond donors (Lipinski definition) is 1. The van der Waals surface area contributed by atoms with Crippen molar-refractivity contribution in [3.05, 3.63) is 35.9 Å². The molecule has 1 fully saturated rings. The van der Waals surface area contributed by atoms with Gasteiger partial charge in [0.1, 0.15) is 12.3 Å². The molecule has 0 aliphatic carbocycles. The molecule has 15 heavy (non-hydrogen) atoms. The molecular formula is C10H10KNO3. The molecule has 0 spiro atoms. The van der Waals surface area contributed by atoms with Crippen LogP contribution in [-0.2, 0) is 9.53 Å². The Morgan fingerprint density at radius 1 is 1.40 bits per heavy atom. The summed E-state index contributed by atoms with van der Waals surface area (Å²) in [4.78, 5) is 10.5. The van der Waals surface area contributed by atoms with Crippen molar-refractivity contribution >= 4 is 5.97 Å². The van der Waals surface area contributed by atoms with Gasteiger partial charge in [0.15, 0.2) is 0 Å². The number of carboxylic acids is 1. The average molecular weight is 231 g/mol. The minimum absolute atomic E-state index is 0. The Morgan fingerprint density at radius 3 is 2.60 bits per heavy atom. The Balaban J connectivity index is 0.00000112. The summed E-state index contributed by atoms with van der Waals surface area (Å²) in [6, 6.07) is 9.43. The van der Waals surface area contributed by atoms with E-state index in [4.69, 9.17) is 4.74 Å². The summed E-state index contributed by atoms with van der Waals surface area (Å²) in [6.07, 6.45) is -1.18. The number of benzene rings is 1. The zero-order valence-electron chi connectivity index (χ0n) is 8.47. The molecule has 1 aliphatic heterocycles. The molecule has 0 bridgehead atoms. The minimum Gasteiger partial charge on any atom is -0.547 e. The summed E-state index contributed by atoms with van der Waals surface area (Å²) in [7, 11) is 0. The van der Waals surface area contributed by atoms with E-state index in [9.17, 15) is 9.90 Å². The van der Waals surface area contributed by atoms with Gasteiger partial charge in [0.2, 0.25) is 0 Å². The van der Waals surface area contributed by atoms with E-state index in [-0.39, 0.29) is 57.6 Å². The first-order chi connectivity index (χ1) is 6.77. The van der Waals surface area contributed by atoms with Gasteiger partial charge in [-0.1, -0.05) is 30.3 Å². The van der Waals surface area contributed by atoms with Gasteiger partial charge in [0.25, 0.3) is 0 Å². The number of carboxylic acid groups (broad SMARTS) is 1. The standard InChI is InChI=1S/C10H11NO3.K/c12-10(13)8-6-11-9(14-8)7-4-2-1-3-5-7;/h1-5,8-9,11H,6H2,(H,12,13);/q;+1/p-1. The molecule has 2 rings (SSSR count). The predicted molar refractivity (Wildman–Crippen MR) is 47.1 cm³/mol. The van der Waals surface area contributed by atoms with Gasteiger partial charge in [-0.25, -0.2) is 0 Å². The predicted octanol–water partition coefficient (Wildman–Crippen LogP) is -3.57. The van der Waals surface area contributed by atoms with Crippen LogP contribution in [0.15, 0.2) is 30.3 Å². The maximum absolute atomic E-state index is 10.5. The number of carbonyl (C=O) groups is 1. The van der Waals surface area contributed by atoms with Crippen LogP contribution in [0.25, 0.3) is 0 Å². The molecule has 1 aromatic rings. The van der Waals surface area contributed by atoms with Crippen molar-refractivity contribution in [1.29, 1.82) is 0 Å². The van der Waals surface area contributed by atoms with Crippen molar-refractivity contribution in [3.63, 3.8) is 0 Å². The molecule has 0 radical (unpaired) electrons. The fraction of sp³-hybridized carbons (Fsp3) is 0.300. The molecule has 2 atom stereocenters. The van der Waals surface area contributed by atoms with E-state index < -0.39 is 12.1 Å². The van der Waals surface area contributed by atoms with Crippen LogP contribution in [0, 0.1) is 0 Å². The van der Waals surface area contributed by atoms with Crippen molar-refractivity contribution in [2.24, 2.45) is 0 Å². The van der Waals surface area contributed by atoms with Crippen molar-refractivity contribution < 1.29 is 66.0 Å². The van der Waals surface area contributed by atoms with Crippen molar-refractivity contribution in [2.75, 3.05) is 6.54 Å². The molecule has 0 amide bonds.